The lowest BCUT2D eigenvalue weighted by molar-refractivity contribution is 0.0596. The third-order valence-corrected chi connectivity index (χ3v) is 3.72. The summed E-state index contributed by atoms with van der Waals surface area (Å²) < 4.78 is 9.78. The summed E-state index contributed by atoms with van der Waals surface area (Å²) in [7, 11) is 2.75. The summed E-state index contributed by atoms with van der Waals surface area (Å²) in [6.45, 7) is 0. The Morgan fingerprint density at radius 2 is 1.85 bits per heavy atom. The molecule has 0 fully saturated rings. The summed E-state index contributed by atoms with van der Waals surface area (Å²) in [5.74, 6) is -0.247. The molecular weight excluding hydrogens is 276 g/mol. The Bertz CT molecular complexity index is 611. The van der Waals surface area contributed by atoms with Gasteiger partial charge in [0.05, 0.1) is 19.8 Å². The molecule has 0 aliphatic heterocycles. The molecule has 0 radical (unpaired) electrons. The Morgan fingerprint density at radius 3 is 2.45 bits per heavy atom. The van der Waals surface area contributed by atoms with Gasteiger partial charge in [0.1, 0.15) is 0 Å². The van der Waals surface area contributed by atoms with Gasteiger partial charge in [0, 0.05) is 9.79 Å². The van der Waals surface area contributed by atoms with Crippen molar-refractivity contribution in [2.24, 2.45) is 0 Å². The molecule has 0 aliphatic carbocycles. The minimum absolute atomic E-state index is 0.0152. The Hall–Kier alpha value is -2.14. The predicted octanol–water partition coefficient (Wildman–Crippen LogP) is 3.34. The van der Waals surface area contributed by atoms with E-state index >= 15 is 0 Å². The number of phenolic OH excluding ortho intramolecular Hbond substituents is 1. The third kappa shape index (κ3) is 3.05. The normalized spacial score (nSPS) is 10.1. The molecule has 0 heterocycles. The highest BCUT2D eigenvalue weighted by Gasteiger charge is 2.17. The molecule has 2 aromatic rings. The van der Waals surface area contributed by atoms with Crippen LogP contribution in [0.15, 0.2) is 52.3 Å². The average molecular weight is 290 g/mol. The highest BCUT2D eigenvalue weighted by molar-refractivity contribution is 7.99. The second-order valence-corrected chi connectivity index (χ2v) is 5.04. The van der Waals surface area contributed by atoms with Crippen molar-refractivity contribution in [2.75, 3.05) is 14.2 Å². The molecule has 2 aromatic carbocycles. The largest absolute Gasteiger partial charge is 0.504 e. The fourth-order valence-corrected chi connectivity index (χ4v) is 2.65. The van der Waals surface area contributed by atoms with E-state index in [2.05, 4.69) is 0 Å². The van der Waals surface area contributed by atoms with Gasteiger partial charge in [-0.25, -0.2) is 4.79 Å². The average Bonchev–Trinajstić information content (AvgIpc) is 2.48. The molecule has 5 heteroatoms. The molecule has 1 N–H and O–H groups in total. The maximum Gasteiger partial charge on any atom is 0.339 e. The van der Waals surface area contributed by atoms with E-state index in [9.17, 15) is 9.90 Å². The highest BCUT2D eigenvalue weighted by Crippen LogP contribution is 2.38. The van der Waals surface area contributed by atoms with Crippen molar-refractivity contribution < 1.29 is 19.4 Å². The molecule has 0 unspecified atom stereocenters. The minimum Gasteiger partial charge on any atom is -0.504 e. The van der Waals surface area contributed by atoms with Crippen LogP contribution in [-0.4, -0.2) is 25.3 Å². The Balaban J connectivity index is 2.45. The molecule has 0 amide bonds. The van der Waals surface area contributed by atoms with E-state index in [-0.39, 0.29) is 11.5 Å². The standard InChI is InChI=1S/C15H14O4S/c1-18-13-8-11(15(17)19-2)14(9-12(13)16)20-10-6-4-3-5-7-10/h3-9,16H,1-2H3. The number of carbonyl (C=O) groups excluding carboxylic acids is 1. The van der Waals surface area contributed by atoms with E-state index in [0.717, 1.165) is 4.90 Å². The molecule has 0 bridgehead atoms. The fourth-order valence-electron chi connectivity index (χ4n) is 1.68. The van der Waals surface area contributed by atoms with Crippen LogP contribution in [0, 0.1) is 0 Å². The molecule has 0 atom stereocenters. The van der Waals surface area contributed by atoms with Gasteiger partial charge in [-0.2, -0.15) is 0 Å². The third-order valence-electron chi connectivity index (χ3n) is 2.66. The second kappa shape index (κ2) is 6.34. The van der Waals surface area contributed by atoms with Crippen molar-refractivity contribution in [3.63, 3.8) is 0 Å². The van der Waals surface area contributed by atoms with Crippen molar-refractivity contribution in [1.29, 1.82) is 0 Å². The van der Waals surface area contributed by atoms with E-state index in [0.29, 0.717) is 10.5 Å². The van der Waals surface area contributed by atoms with E-state index in [1.165, 1.54) is 38.1 Å². The van der Waals surface area contributed by atoms with Gasteiger partial charge in [0.25, 0.3) is 0 Å². The minimum atomic E-state index is -0.471. The summed E-state index contributed by atoms with van der Waals surface area (Å²) in [5, 5.41) is 9.86. The SMILES string of the molecule is COC(=O)c1cc(OC)c(O)cc1Sc1ccccc1. The van der Waals surface area contributed by atoms with Crippen LogP contribution < -0.4 is 4.74 Å². The van der Waals surface area contributed by atoms with Gasteiger partial charge in [-0.3, -0.25) is 0 Å². The first-order valence-corrected chi connectivity index (χ1v) is 6.69. The maximum atomic E-state index is 11.8. The van der Waals surface area contributed by atoms with Crippen molar-refractivity contribution in [3.8, 4) is 11.5 Å². The second-order valence-electron chi connectivity index (χ2n) is 3.93. The molecule has 104 valence electrons. The van der Waals surface area contributed by atoms with E-state index in [1.807, 2.05) is 30.3 Å². The Morgan fingerprint density at radius 1 is 1.15 bits per heavy atom. The molecule has 0 aromatic heterocycles. The van der Waals surface area contributed by atoms with Crippen molar-refractivity contribution in [2.45, 2.75) is 9.79 Å². The van der Waals surface area contributed by atoms with E-state index in [4.69, 9.17) is 9.47 Å². The van der Waals surface area contributed by atoms with E-state index < -0.39 is 5.97 Å². The van der Waals surface area contributed by atoms with Gasteiger partial charge >= 0.3 is 5.97 Å². The molecular formula is C15H14O4S. The summed E-state index contributed by atoms with van der Waals surface area (Å²) >= 11 is 1.37. The number of ether oxygens (including phenoxy) is 2. The van der Waals surface area contributed by atoms with Crippen LogP contribution in [0.25, 0.3) is 0 Å². The summed E-state index contributed by atoms with van der Waals surface area (Å²) in [4.78, 5) is 13.4. The lowest BCUT2D eigenvalue weighted by Crippen LogP contribution is -2.03. The van der Waals surface area contributed by atoms with Crippen LogP contribution in [0.3, 0.4) is 0 Å². The lowest BCUT2D eigenvalue weighted by Gasteiger charge is -2.11. The van der Waals surface area contributed by atoms with Gasteiger partial charge in [-0.1, -0.05) is 30.0 Å². The van der Waals surface area contributed by atoms with Crippen LogP contribution in [0.4, 0.5) is 0 Å². The summed E-state index contributed by atoms with van der Waals surface area (Å²) in [5.41, 5.74) is 0.357. The van der Waals surface area contributed by atoms with Crippen molar-refractivity contribution in [1.82, 2.24) is 0 Å². The zero-order valence-electron chi connectivity index (χ0n) is 11.1. The zero-order chi connectivity index (χ0) is 14.5. The van der Waals surface area contributed by atoms with Crippen LogP contribution in [0.1, 0.15) is 10.4 Å². The highest BCUT2D eigenvalue weighted by atomic mass is 32.2. The number of carbonyl (C=O) groups is 1. The number of aromatic hydroxyl groups is 1. The van der Waals surface area contributed by atoms with E-state index in [1.54, 1.807) is 0 Å². The first-order chi connectivity index (χ1) is 9.65. The number of hydrogen-bond donors (Lipinski definition) is 1. The van der Waals surface area contributed by atoms with Gasteiger partial charge in [0.15, 0.2) is 11.5 Å². The van der Waals surface area contributed by atoms with Crippen molar-refractivity contribution in [3.05, 3.63) is 48.0 Å². The van der Waals surface area contributed by atoms with Gasteiger partial charge in [0.2, 0.25) is 0 Å². The Kier molecular flexibility index (Phi) is 4.53. The lowest BCUT2D eigenvalue weighted by atomic mass is 10.2. The Labute approximate surface area is 121 Å². The monoisotopic (exact) mass is 290 g/mol. The van der Waals surface area contributed by atoms with Crippen LogP contribution in [0.5, 0.6) is 11.5 Å². The quantitative estimate of drug-likeness (QED) is 0.875. The fraction of sp³-hybridized carbons (Fsp3) is 0.133. The number of hydrogen-bond acceptors (Lipinski definition) is 5. The number of rotatable bonds is 4. The van der Waals surface area contributed by atoms with Crippen LogP contribution >= 0.6 is 11.8 Å². The molecule has 0 aliphatic rings. The number of methoxy groups -OCH3 is 2. The predicted molar refractivity (Wildman–Crippen MR) is 76.6 cm³/mol. The summed E-state index contributed by atoms with van der Waals surface area (Å²) in [6, 6.07) is 12.6. The van der Waals surface area contributed by atoms with Crippen LogP contribution in [0.2, 0.25) is 0 Å². The number of esters is 1. The zero-order valence-corrected chi connectivity index (χ0v) is 11.9. The van der Waals surface area contributed by atoms with Gasteiger partial charge < -0.3 is 14.6 Å². The first-order valence-electron chi connectivity index (χ1n) is 5.88. The molecule has 0 saturated heterocycles. The van der Waals surface area contributed by atoms with Crippen molar-refractivity contribution >= 4 is 17.7 Å². The molecule has 20 heavy (non-hydrogen) atoms. The molecule has 4 nitrogen and oxygen atoms in total. The number of benzene rings is 2. The van der Waals surface area contributed by atoms with Gasteiger partial charge in [-0.15, -0.1) is 0 Å². The molecule has 0 saturated carbocycles. The smallest absolute Gasteiger partial charge is 0.339 e. The molecule has 0 spiro atoms. The topological polar surface area (TPSA) is 55.8 Å². The first kappa shape index (κ1) is 14.3. The number of phenols is 1. The maximum absolute atomic E-state index is 11.8. The summed E-state index contributed by atoms with van der Waals surface area (Å²) in [6.07, 6.45) is 0. The van der Waals surface area contributed by atoms with Crippen LogP contribution in [-0.2, 0) is 4.74 Å². The van der Waals surface area contributed by atoms with Gasteiger partial charge in [-0.05, 0) is 24.3 Å². The molecule has 2 rings (SSSR count).